The first kappa shape index (κ1) is 21.1. The highest BCUT2D eigenvalue weighted by Crippen LogP contribution is 2.29. The summed E-state index contributed by atoms with van der Waals surface area (Å²) in [5.74, 6) is 1.45. The van der Waals surface area contributed by atoms with Gasteiger partial charge in [0.05, 0.1) is 19.0 Å². The molecule has 0 aliphatic carbocycles. The van der Waals surface area contributed by atoms with Crippen molar-refractivity contribution in [1.29, 1.82) is 0 Å². The number of ether oxygens (including phenoxy) is 1. The highest BCUT2D eigenvalue weighted by atomic mass is 35.5. The van der Waals surface area contributed by atoms with Crippen molar-refractivity contribution >= 4 is 35.0 Å². The summed E-state index contributed by atoms with van der Waals surface area (Å²) in [5, 5.41) is 6.46. The van der Waals surface area contributed by atoms with Crippen LogP contribution < -0.4 is 15.4 Å². The smallest absolute Gasteiger partial charge is 0.254 e. The number of carbonyl (C=O) groups is 1. The van der Waals surface area contributed by atoms with Crippen LogP contribution in [0.5, 0.6) is 5.75 Å². The van der Waals surface area contributed by atoms with E-state index in [0.29, 0.717) is 39.8 Å². The van der Waals surface area contributed by atoms with E-state index in [-0.39, 0.29) is 5.91 Å². The Morgan fingerprint density at radius 3 is 2.59 bits per heavy atom. The Morgan fingerprint density at radius 1 is 1.24 bits per heavy atom. The summed E-state index contributed by atoms with van der Waals surface area (Å²) in [6.45, 7) is 7.59. The first-order chi connectivity index (χ1) is 13.9. The van der Waals surface area contributed by atoms with Gasteiger partial charge in [-0.05, 0) is 32.0 Å². The number of benzene rings is 1. The van der Waals surface area contributed by atoms with Crippen molar-refractivity contribution in [3.8, 4) is 5.75 Å². The van der Waals surface area contributed by atoms with E-state index in [2.05, 4.69) is 39.3 Å². The third-order valence-corrected chi connectivity index (χ3v) is 5.28. The topological polar surface area (TPSA) is 82.6 Å². The number of rotatable bonds is 6. The fraction of sp³-hybridized carbons (Fsp3) is 0.450. The van der Waals surface area contributed by atoms with Gasteiger partial charge in [-0.15, -0.1) is 0 Å². The Bertz CT molecular complexity index is 868. The van der Waals surface area contributed by atoms with Crippen molar-refractivity contribution in [2.45, 2.75) is 19.9 Å². The maximum atomic E-state index is 12.9. The molecule has 2 N–H and O–H groups in total. The minimum Gasteiger partial charge on any atom is -0.495 e. The third kappa shape index (κ3) is 4.89. The number of anilines is 3. The summed E-state index contributed by atoms with van der Waals surface area (Å²) in [5.41, 5.74) is 1.26. The minimum absolute atomic E-state index is 0.0125. The summed E-state index contributed by atoms with van der Waals surface area (Å²) in [6, 6.07) is 5.83. The number of nitrogens with one attached hydrogen (secondary N) is 2. The predicted molar refractivity (Wildman–Crippen MR) is 115 cm³/mol. The Kier molecular flexibility index (Phi) is 6.76. The van der Waals surface area contributed by atoms with Gasteiger partial charge in [-0.2, -0.15) is 4.98 Å². The molecule has 0 atom stereocenters. The van der Waals surface area contributed by atoms with Crippen LogP contribution in [0.25, 0.3) is 0 Å². The highest BCUT2D eigenvalue weighted by Gasteiger charge is 2.24. The van der Waals surface area contributed by atoms with Crippen molar-refractivity contribution in [3.63, 3.8) is 0 Å². The lowest BCUT2D eigenvalue weighted by atomic mass is 10.1. The van der Waals surface area contributed by atoms with Gasteiger partial charge in [0.25, 0.3) is 5.91 Å². The molecule has 2 heterocycles. The molecular weight excluding hydrogens is 392 g/mol. The van der Waals surface area contributed by atoms with E-state index in [0.717, 1.165) is 26.2 Å². The number of nitrogens with zero attached hydrogens (tertiary/aromatic N) is 4. The molecule has 1 aliphatic heterocycles. The van der Waals surface area contributed by atoms with Gasteiger partial charge in [-0.25, -0.2) is 4.98 Å². The van der Waals surface area contributed by atoms with Crippen molar-refractivity contribution in [2.24, 2.45) is 0 Å². The van der Waals surface area contributed by atoms with Gasteiger partial charge in [-0.3, -0.25) is 9.69 Å². The number of halogens is 1. The molecule has 0 unspecified atom stereocenters. The second-order valence-electron chi connectivity index (χ2n) is 7.10. The maximum absolute atomic E-state index is 12.9. The summed E-state index contributed by atoms with van der Waals surface area (Å²) in [6.07, 6.45) is 1.52. The zero-order valence-electron chi connectivity index (χ0n) is 17.2. The molecule has 1 amide bonds. The monoisotopic (exact) mass is 418 g/mol. The van der Waals surface area contributed by atoms with E-state index in [1.165, 1.54) is 6.20 Å². The van der Waals surface area contributed by atoms with E-state index in [1.807, 2.05) is 4.90 Å². The normalized spacial score (nSPS) is 14.8. The Labute approximate surface area is 176 Å². The molecule has 0 radical (unpaired) electrons. The van der Waals surface area contributed by atoms with Gasteiger partial charge < -0.3 is 20.3 Å². The SMILES string of the molecule is CNc1nc(Nc2ccc(C(=O)N3CCN(C(C)C)CC3)cc2OC)ncc1Cl. The molecular formula is C20H27ClN6O2. The number of aromatic nitrogens is 2. The van der Waals surface area contributed by atoms with Crippen molar-refractivity contribution in [2.75, 3.05) is 51.0 Å². The largest absolute Gasteiger partial charge is 0.495 e. The van der Waals surface area contributed by atoms with Crippen LogP contribution >= 0.6 is 11.6 Å². The zero-order chi connectivity index (χ0) is 21.0. The molecule has 0 spiro atoms. The molecule has 0 saturated carbocycles. The van der Waals surface area contributed by atoms with Crippen LogP contribution in [0.3, 0.4) is 0 Å². The Morgan fingerprint density at radius 2 is 1.97 bits per heavy atom. The minimum atomic E-state index is 0.0125. The first-order valence-corrected chi connectivity index (χ1v) is 9.99. The van der Waals surface area contributed by atoms with Crippen LogP contribution in [0.1, 0.15) is 24.2 Å². The van der Waals surface area contributed by atoms with Crippen molar-refractivity contribution in [1.82, 2.24) is 19.8 Å². The van der Waals surface area contributed by atoms with Crippen LogP contribution in [0.4, 0.5) is 17.5 Å². The summed E-state index contributed by atoms with van der Waals surface area (Å²) in [4.78, 5) is 25.7. The van der Waals surface area contributed by atoms with Crippen LogP contribution in [-0.4, -0.2) is 72.1 Å². The lowest BCUT2D eigenvalue weighted by Gasteiger charge is -2.37. The molecule has 0 bridgehead atoms. The van der Waals surface area contributed by atoms with Gasteiger partial charge in [0.2, 0.25) is 5.95 Å². The van der Waals surface area contributed by atoms with Gasteiger partial charge in [-0.1, -0.05) is 11.6 Å². The molecule has 2 aromatic rings. The van der Waals surface area contributed by atoms with Crippen LogP contribution in [-0.2, 0) is 0 Å². The number of carbonyl (C=O) groups excluding carboxylic acids is 1. The van der Waals surface area contributed by atoms with E-state index >= 15 is 0 Å². The summed E-state index contributed by atoms with van der Waals surface area (Å²) in [7, 11) is 3.30. The number of hydrogen-bond acceptors (Lipinski definition) is 7. The molecule has 1 aliphatic rings. The second kappa shape index (κ2) is 9.28. The molecule has 1 aromatic heterocycles. The molecule has 9 heteroatoms. The van der Waals surface area contributed by atoms with E-state index < -0.39 is 0 Å². The van der Waals surface area contributed by atoms with E-state index in [4.69, 9.17) is 16.3 Å². The van der Waals surface area contributed by atoms with E-state index in [1.54, 1.807) is 32.4 Å². The van der Waals surface area contributed by atoms with Crippen LogP contribution in [0.2, 0.25) is 5.02 Å². The molecule has 3 rings (SSSR count). The second-order valence-corrected chi connectivity index (χ2v) is 7.51. The maximum Gasteiger partial charge on any atom is 0.254 e. The third-order valence-electron chi connectivity index (χ3n) is 5.01. The number of methoxy groups -OCH3 is 1. The first-order valence-electron chi connectivity index (χ1n) is 9.61. The standard InChI is InChI=1S/C20H27ClN6O2/c1-13(2)26-7-9-27(10-8-26)19(28)14-5-6-16(17(11-14)29-4)24-20-23-12-15(21)18(22-3)25-20/h5-6,11-13H,7-10H2,1-4H3,(H2,22,23,24,25). The zero-order valence-corrected chi connectivity index (χ0v) is 18.0. The summed E-state index contributed by atoms with van der Waals surface area (Å²) >= 11 is 6.03. The molecule has 1 saturated heterocycles. The van der Waals surface area contributed by atoms with Gasteiger partial charge in [0.1, 0.15) is 16.6 Å². The lowest BCUT2D eigenvalue weighted by Crippen LogP contribution is -2.50. The number of piperazine rings is 1. The summed E-state index contributed by atoms with van der Waals surface area (Å²) < 4.78 is 5.49. The molecule has 8 nitrogen and oxygen atoms in total. The Hall–Kier alpha value is -2.58. The lowest BCUT2D eigenvalue weighted by molar-refractivity contribution is 0.0595. The fourth-order valence-corrected chi connectivity index (χ4v) is 3.46. The van der Waals surface area contributed by atoms with Gasteiger partial charge in [0.15, 0.2) is 0 Å². The molecule has 156 valence electrons. The highest BCUT2D eigenvalue weighted by molar-refractivity contribution is 6.32. The molecule has 1 fully saturated rings. The van der Waals surface area contributed by atoms with Crippen LogP contribution in [0.15, 0.2) is 24.4 Å². The quantitative estimate of drug-likeness (QED) is 0.745. The van der Waals surface area contributed by atoms with Gasteiger partial charge >= 0.3 is 0 Å². The Balaban J connectivity index is 1.74. The van der Waals surface area contributed by atoms with Crippen molar-refractivity contribution < 1.29 is 9.53 Å². The van der Waals surface area contributed by atoms with Crippen LogP contribution in [0, 0.1) is 0 Å². The number of amides is 1. The predicted octanol–water partition coefficient (Wildman–Crippen LogP) is 3.09. The average Bonchev–Trinajstić information content (AvgIpc) is 2.74. The van der Waals surface area contributed by atoms with Crippen molar-refractivity contribution in [3.05, 3.63) is 35.0 Å². The molecule has 29 heavy (non-hydrogen) atoms. The fourth-order valence-electron chi connectivity index (χ4n) is 3.27. The van der Waals surface area contributed by atoms with Gasteiger partial charge in [0, 0.05) is 44.8 Å². The number of hydrogen-bond donors (Lipinski definition) is 2. The average molecular weight is 419 g/mol. The van der Waals surface area contributed by atoms with E-state index in [9.17, 15) is 4.79 Å². The molecule has 1 aromatic carbocycles.